The van der Waals surface area contributed by atoms with Crippen LogP contribution >= 0.6 is 0 Å². The van der Waals surface area contributed by atoms with Crippen molar-refractivity contribution in [1.29, 1.82) is 0 Å². The number of imide groups is 1. The highest BCUT2D eigenvalue weighted by Gasteiger charge is 2.30. The molecular formula is C14H19N3O2. The molecule has 0 aliphatic carbocycles. The van der Waals surface area contributed by atoms with E-state index in [1.54, 1.807) is 6.92 Å². The Morgan fingerprint density at radius 3 is 2.68 bits per heavy atom. The molecule has 1 heterocycles. The lowest BCUT2D eigenvalue weighted by Gasteiger charge is -2.22. The highest BCUT2D eigenvalue weighted by Crippen LogP contribution is 2.28. The molecule has 5 heteroatoms. The number of hydrogen-bond donors (Lipinski definition) is 2. The number of carbonyl (C=O) groups is 2. The van der Waals surface area contributed by atoms with Crippen LogP contribution in [-0.2, 0) is 4.79 Å². The first-order valence-electron chi connectivity index (χ1n) is 6.47. The van der Waals surface area contributed by atoms with E-state index in [1.807, 2.05) is 18.2 Å². The van der Waals surface area contributed by atoms with Crippen LogP contribution < -0.4 is 11.1 Å². The van der Waals surface area contributed by atoms with Gasteiger partial charge in [0.25, 0.3) is 0 Å². The monoisotopic (exact) mass is 261 g/mol. The minimum Gasteiger partial charge on any atom is -0.351 e. The van der Waals surface area contributed by atoms with E-state index < -0.39 is 6.03 Å². The van der Waals surface area contributed by atoms with Crippen LogP contribution in [0.25, 0.3) is 0 Å². The fourth-order valence-electron chi connectivity index (χ4n) is 2.53. The summed E-state index contributed by atoms with van der Waals surface area (Å²) in [6.07, 6.45) is 1.03. The molecule has 5 nitrogen and oxygen atoms in total. The number of likely N-dealkylation sites (tertiary alicyclic amines) is 1. The highest BCUT2D eigenvalue weighted by atomic mass is 16.2. The fourth-order valence-corrected chi connectivity index (χ4v) is 2.53. The van der Waals surface area contributed by atoms with Crippen molar-refractivity contribution in [2.45, 2.75) is 25.3 Å². The summed E-state index contributed by atoms with van der Waals surface area (Å²) in [5.74, 6) is 0.117. The lowest BCUT2D eigenvalue weighted by atomic mass is 9.99. The van der Waals surface area contributed by atoms with Crippen molar-refractivity contribution in [1.82, 2.24) is 10.2 Å². The van der Waals surface area contributed by atoms with E-state index >= 15 is 0 Å². The molecule has 0 unspecified atom stereocenters. The van der Waals surface area contributed by atoms with Crippen LogP contribution in [0.1, 0.15) is 24.8 Å². The first kappa shape index (κ1) is 13.5. The van der Waals surface area contributed by atoms with Gasteiger partial charge in [0.05, 0.1) is 6.04 Å². The van der Waals surface area contributed by atoms with Crippen LogP contribution in [0.3, 0.4) is 0 Å². The zero-order chi connectivity index (χ0) is 13.8. The number of benzene rings is 1. The standard InChI is InChI=1S/C14H19N3O2/c1-10(13(18)16-14(15)19)17-8-7-12(9-17)11-5-3-2-4-6-11/h2-6,10,12H,7-9H2,1H3,(H3,15,16,18,19)/t10-,12-/m1/s1. The number of rotatable bonds is 3. The van der Waals surface area contributed by atoms with E-state index in [9.17, 15) is 9.59 Å². The second-order valence-electron chi connectivity index (χ2n) is 4.92. The molecule has 1 saturated heterocycles. The molecular weight excluding hydrogens is 242 g/mol. The molecule has 102 valence electrons. The van der Waals surface area contributed by atoms with Gasteiger partial charge in [0, 0.05) is 6.54 Å². The van der Waals surface area contributed by atoms with Gasteiger partial charge in [0.15, 0.2) is 0 Å². The van der Waals surface area contributed by atoms with E-state index in [1.165, 1.54) is 5.56 Å². The molecule has 1 fully saturated rings. The summed E-state index contributed by atoms with van der Waals surface area (Å²) in [5, 5.41) is 2.13. The van der Waals surface area contributed by atoms with Gasteiger partial charge in [-0.3, -0.25) is 15.0 Å². The molecule has 19 heavy (non-hydrogen) atoms. The third kappa shape index (κ3) is 3.32. The maximum atomic E-state index is 11.7. The van der Waals surface area contributed by atoms with E-state index in [0.29, 0.717) is 5.92 Å². The minimum absolute atomic E-state index is 0.332. The van der Waals surface area contributed by atoms with Gasteiger partial charge < -0.3 is 5.73 Å². The molecule has 0 saturated carbocycles. The van der Waals surface area contributed by atoms with Crippen LogP contribution in [0.15, 0.2) is 30.3 Å². The minimum atomic E-state index is -0.796. The van der Waals surface area contributed by atoms with Gasteiger partial charge in [-0.25, -0.2) is 4.79 Å². The van der Waals surface area contributed by atoms with Gasteiger partial charge in [-0.05, 0) is 31.4 Å². The Labute approximate surface area is 112 Å². The number of amides is 3. The van der Waals surface area contributed by atoms with Crippen LogP contribution in [-0.4, -0.2) is 36.0 Å². The largest absolute Gasteiger partial charge is 0.351 e. The zero-order valence-corrected chi connectivity index (χ0v) is 11.0. The number of nitrogens with zero attached hydrogens (tertiary/aromatic N) is 1. The van der Waals surface area contributed by atoms with Gasteiger partial charge in [0.2, 0.25) is 5.91 Å². The molecule has 1 aliphatic heterocycles. The summed E-state index contributed by atoms with van der Waals surface area (Å²) in [7, 11) is 0. The molecule has 0 spiro atoms. The Morgan fingerprint density at radius 2 is 2.05 bits per heavy atom. The van der Waals surface area contributed by atoms with Gasteiger partial charge in [-0.2, -0.15) is 0 Å². The van der Waals surface area contributed by atoms with E-state index in [-0.39, 0.29) is 11.9 Å². The maximum absolute atomic E-state index is 11.7. The second kappa shape index (κ2) is 5.84. The first-order chi connectivity index (χ1) is 9.08. The number of primary amides is 1. The molecule has 0 radical (unpaired) electrons. The Bertz CT molecular complexity index is 461. The van der Waals surface area contributed by atoms with E-state index in [0.717, 1.165) is 19.5 Å². The normalized spacial score (nSPS) is 21.0. The number of nitrogens with two attached hydrogens (primary N) is 1. The average Bonchev–Trinajstić information content (AvgIpc) is 2.87. The molecule has 1 aliphatic rings. The number of urea groups is 1. The first-order valence-corrected chi connectivity index (χ1v) is 6.47. The summed E-state index contributed by atoms with van der Waals surface area (Å²) in [6.45, 7) is 3.48. The van der Waals surface area contributed by atoms with Gasteiger partial charge in [-0.1, -0.05) is 30.3 Å². The molecule has 1 aromatic rings. The van der Waals surface area contributed by atoms with Gasteiger partial charge in [0.1, 0.15) is 0 Å². The van der Waals surface area contributed by atoms with Crippen molar-refractivity contribution in [2.24, 2.45) is 5.73 Å². The van der Waals surface area contributed by atoms with Crippen molar-refractivity contribution in [3.63, 3.8) is 0 Å². The van der Waals surface area contributed by atoms with Crippen LogP contribution in [0.4, 0.5) is 4.79 Å². The maximum Gasteiger partial charge on any atom is 0.318 e. The van der Waals surface area contributed by atoms with Crippen molar-refractivity contribution in [3.05, 3.63) is 35.9 Å². The number of nitrogens with one attached hydrogen (secondary N) is 1. The average molecular weight is 261 g/mol. The third-order valence-corrected chi connectivity index (χ3v) is 3.66. The van der Waals surface area contributed by atoms with Crippen molar-refractivity contribution >= 4 is 11.9 Å². The van der Waals surface area contributed by atoms with Crippen LogP contribution in [0.2, 0.25) is 0 Å². The number of carbonyl (C=O) groups excluding carboxylic acids is 2. The van der Waals surface area contributed by atoms with Crippen molar-refractivity contribution < 1.29 is 9.59 Å². The Kier molecular flexibility index (Phi) is 4.16. The van der Waals surface area contributed by atoms with Crippen molar-refractivity contribution in [2.75, 3.05) is 13.1 Å². The van der Waals surface area contributed by atoms with Crippen LogP contribution in [0.5, 0.6) is 0 Å². The molecule has 2 atom stereocenters. The zero-order valence-electron chi connectivity index (χ0n) is 11.0. The second-order valence-corrected chi connectivity index (χ2v) is 4.92. The third-order valence-electron chi connectivity index (χ3n) is 3.66. The summed E-state index contributed by atoms with van der Waals surface area (Å²) < 4.78 is 0. The summed E-state index contributed by atoms with van der Waals surface area (Å²) in [6, 6.07) is 9.16. The fraction of sp³-hybridized carbons (Fsp3) is 0.429. The lowest BCUT2D eigenvalue weighted by Crippen LogP contribution is -2.47. The molecule has 3 amide bonds. The van der Waals surface area contributed by atoms with Gasteiger partial charge >= 0.3 is 6.03 Å². The predicted molar refractivity (Wildman–Crippen MR) is 72.6 cm³/mol. The smallest absolute Gasteiger partial charge is 0.318 e. The van der Waals surface area contributed by atoms with E-state index in [2.05, 4.69) is 22.3 Å². The van der Waals surface area contributed by atoms with Crippen molar-refractivity contribution in [3.8, 4) is 0 Å². The summed E-state index contributed by atoms with van der Waals surface area (Å²) >= 11 is 0. The Balaban J connectivity index is 1.95. The number of hydrogen-bond acceptors (Lipinski definition) is 3. The molecule has 1 aromatic carbocycles. The predicted octanol–water partition coefficient (Wildman–Crippen LogP) is 1.06. The molecule has 2 rings (SSSR count). The Morgan fingerprint density at radius 1 is 1.37 bits per heavy atom. The quantitative estimate of drug-likeness (QED) is 0.854. The molecule has 0 aromatic heterocycles. The van der Waals surface area contributed by atoms with E-state index in [4.69, 9.17) is 5.73 Å². The molecule has 0 bridgehead atoms. The highest BCUT2D eigenvalue weighted by molar-refractivity contribution is 5.96. The summed E-state index contributed by atoms with van der Waals surface area (Å²) in [5.41, 5.74) is 6.26. The lowest BCUT2D eigenvalue weighted by molar-refractivity contribution is -0.124. The Hall–Kier alpha value is -1.88. The topological polar surface area (TPSA) is 75.4 Å². The van der Waals surface area contributed by atoms with Gasteiger partial charge in [-0.15, -0.1) is 0 Å². The molecule has 3 N–H and O–H groups in total. The van der Waals surface area contributed by atoms with Crippen LogP contribution in [0, 0.1) is 0 Å². The SMILES string of the molecule is C[C@H](C(=O)NC(N)=O)N1CC[C@@H](c2ccccc2)C1. The summed E-state index contributed by atoms with van der Waals surface area (Å²) in [4.78, 5) is 24.5.